The van der Waals surface area contributed by atoms with Gasteiger partial charge in [0, 0.05) is 29.2 Å². The van der Waals surface area contributed by atoms with E-state index in [9.17, 15) is 19.8 Å². The number of aromatic hydroxyl groups is 2. The number of carbonyl (C=O) groups is 1. The quantitative estimate of drug-likeness (QED) is 0.348. The van der Waals surface area contributed by atoms with Gasteiger partial charge in [-0.2, -0.15) is 0 Å². The third-order valence-corrected chi connectivity index (χ3v) is 5.66. The lowest BCUT2D eigenvalue weighted by molar-refractivity contribution is -0.140. The number of fused-ring (bicyclic) bond motifs is 1. The smallest absolute Gasteiger partial charge is 0.306 e. The third kappa shape index (κ3) is 4.99. The van der Waals surface area contributed by atoms with Crippen LogP contribution in [0.25, 0.3) is 22.3 Å². The molecule has 0 spiro atoms. The van der Waals surface area contributed by atoms with Gasteiger partial charge in [0.05, 0.1) is 19.6 Å². The van der Waals surface area contributed by atoms with E-state index in [0.717, 1.165) is 6.07 Å². The van der Waals surface area contributed by atoms with E-state index in [1.54, 1.807) is 48.5 Å². The van der Waals surface area contributed by atoms with E-state index >= 15 is 0 Å². The molecule has 4 aromatic rings. The molecule has 0 aliphatic carbocycles. The Morgan fingerprint density at radius 2 is 1.66 bits per heavy atom. The molecule has 7 nitrogen and oxygen atoms in total. The summed E-state index contributed by atoms with van der Waals surface area (Å²) in [6.45, 7) is 3.84. The van der Waals surface area contributed by atoms with Crippen LogP contribution in [0, 0.1) is 0 Å². The summed E-state index contributed by atoms with van der Waals surface area (Å²) in [6.07, 6.45) is -0.143. The number of phenolic OH excluding ortho intramolecular Hbond substituents is 2. The van der Waals surface area contributed by atoms with Crippen molar-refractivity contribution >= 4 is 16.9 Å². The van der Waals surface area contributed by atoms with Crippen LogP contribution < -0.4 is 10.2 Å². The molecule has 4 rings (SSSR count). The van der Waals surface area contributed by atoms with Crippen molar-refractivity contribution in [3.05, 3.63) is 88.1 Å². The number of benzene rings is 3. The SMILES string of the molecule is COC(=O)C[C@@H](c1ccc(OC(C)C)cc1)c1c(O)cc(O)c2c(=O)cc(-c3ccccc3)oc12. The molecule has 0 fully saturated rings. The van der Waals surface area contributed by atoms with Gasteiger partial charge in [0.15, 0.2) is 5.43 Å². The number of hydrogen-bond donors (Lipinski definition) is 2. The van der Waals surface area contributed by atoms with Crippen LogP contribution in [0.3, 0.4) is 0 Å². The van der Waals surface area contributed by atoms with Gasteiger partial charge in [-0.25, -0.2) is 0 Å². The van der Waals surface area contributed by atoms with E-state index in [0.29, 0.717) is 16.9 Å². The van der Waals surface area contributed by atoms with Crippen molar-refractivity contribution in [1.29, 1.82) is 0 Å². The van der Waals surface area contributed by atoms with Crippen LogP contribution in [-0.2, 0) is 9.53 Å². The topological polar surface area (TPSA) is 106 Å². The van der Waals surface area contributed by atoms with Gasteiger partial charge in [-0.1, -0.05) is 42.5 Å². The summed E-state index contributed by atoms with van der Waals surface area (Å²) in [7, 11) is 1.28. The lowest BCUT2D eigenvalue weighted by Crippen LogP contribution is -2.12. The summed E-state index contributed by atoms with van der Waals surface area (Å²) in [5, 5.41) is 21.3. The lowest BCUT2D eigenvalue weighted by atomic mass is 9.86. The number of carbonyl (C=O) groups excluding carboxylic acids is 1. The Hall–Kier alpha value is -4.26. The first-order valence-electron chi connectivity index (χ1n) is 11.2. The van der Waals surface area contributed by atoms with Crippen molar-refractivity contribution in [2.75, 3.05) is 7.11 Å². The van der Waals surface area contributed by atoms with Gasteiger partial charge in [0.1, 0.15) is 34.0 Å². The summed E-state index contributed by atoms with van der Waals surface area (Å²) < 4.78 is 16.7. The third-order valence-electron chi connectivity index (χ3n) is 5.66. The number of esters is 1. The molecule has 0 aliphatic rings. The molecule has 0 aliphatic heterocycles. The van der Waals surface area contributed by atoms with E-state index in [1.165, 1.54) is 13.2 Å². The van der Waals surface area contributed by atoms with Gasteiger partial charge in [-0.3, -0.25) is 9.59 Å². The fraction of sp³-hybridized carbons (Fsp3) is 0.214. The molecular formula is C28H26O7. The van der Waals surface area contributed by atoms with Crippen LogP contribution in [-0.4, -0.2) is 29.4 Å². The Bertz CT molecular complexity index is 1400. The van der Waals surface area contributed by atoms with E-state index in [2.05, 4.69) is 0 Å². The number of ether oxygens (including phenoxy) is 2. The molecule has 7 heteroatoms. The Kier molecular flexibility index (Phi) is 6.78. The molecule has 0 saturated heterocycles. The average molecular weight is 475 g/mol. The molecule has 180 valence electrons. The minimum Gasteiger partial charge on any atom is -0.507 e. The van der Waals surface area contributed by atoms with Gasteiger partial charge >= 0.3 is 5.97 Å². The molecule has 1 atom stereocenters. The van der Waals surface area contributed by atoms with Crippen LogP contribution in [0.15, 0.2) is 75.9 Å². The summed E-state index contributed by atoms with van der Waals surface area (Å²) >= 11 is 0. The average Bonchev–Trinajstić information content (AvgIpc) is 2.83. The second kappa shape index (κ2) is 9.93. The zero-order valence-corrected chi connectivity index (χ0v) is 19.6. The number of phenols is 2. The normalized spacial score (nSPS) is 12.0. The predicted molar refractivity (Wildman–Crippen MR) is 132 cm³/mol. The number of rotatable bonds is 7. The molecule has 0 bridgehead atoms. The van der Waals surface area contributed by atoms with Crippen molar-refractivity contribution in [3.63, 3.8) is 0 Å². The molecule has 0 radical (unpaired) electrons. The molecule has 0 unspecified atom stereocenters. The molecule has 1 heterocycles. The van der Waals surface area contributed by atoms with Gasteiger partial charge in [-0.15, -0.1) is 0 Å². The summed E-state index contributed by atoms with van der Waals surface area (Å²) in [4.78, 5) is 25.4. The summed E-state index contributed by atoms with van der Waals surface area (Å²) in [5.74, 6) is -1.04. The molecule has 3 aromatic carbocycles. The molecule has 2 N–H and O–H groups in total. The van der Waals surface area contributed by atoms with E-state index in [4.69, 9.17) is 13.9 Å². The largest absolute Gasteiger partial charge is 0.507 e. The van der Waals surface area contributed by atoms with Gasteiger partial charge in [-0.05, 0) is 31.5 Å². The van der Waals surface area contributed by atoms with Crippen molar-refractivity contribution in [1.82, 2.24) is 0 Å². The highest BCUT2D eigenvalue weighted by atomic mass is 16.5. The zero-order chi connectivity index (χ0) is 25.1. The Morgan fingerprint density at radius 1 is 0.971 bits per heavy atom. The monoisotopic (exact) mass is 474 g/mol. The predicted octanol–water partition coefficient (Wildman–Crippen LogP) is 5.35. The molecule has 0 saturated carbocycles. The van der Waals surface area contributed by atoms with Crippen LogP contribution >= 0.6 is 0 Å². The van der Waals surface area contributed by atoms with Crippen LogP contribution in [0.5, 0.6) is 17.2 Å². The van der Waals surface area contributed by atoms with E-state index in [-0.39, 0.29) is 40.6 Å². The first-order valence-corrected chi connectivity index (χ1v) is 11.2. The van der Waals surface area contributed by atoms with E-state index < -0.39 is 23.1 Å². The Labute approximate surface area is 202 Å². The fourth-order valence-corrected chi connectivity index (χ4v) is 4.09. The summed E-state index contributed by atoms with van der Waals surface area (Å²) in [5.41, 5.74) is 1.06. The molecule has 0 amide bonds. The minimum absolute atomic E-state index is 0.00487. The van der Waals surface area contributed by atoms with Crippen LogP contribution in [0.4, 0.5) is 0 Å². The van der Waals surface area contributed by atoms with Crippen LogP contribution in [0.2, 0.25) is 0 Å². The maximum atomic E-state index is 13.0. The standard InChI is InChI=1S/C28H26O7/c1-16(2)34-19-11-9-17(10-12-19)20(13-25(32)33-3)26-21(29)14-22(30)27-23(31)15-24(35-28(26)27)18-7-5-4-6-8-18/h4-12,14-16,20,29-30H,13H2,1-3H3/t20-/m0/s1. The maximum absolute atomic E-state index is 13.0. The van der Waals surface area contributed by atoms with Crippen molar-refractivity contribution in [3.8, 4) is 28.6 Å². The van der Waals surface area contributed by atoms with Crippen molar-refractivity contribution in [2.45, 2.75) is 32.3 Å². The first-order chi connectivity index (χ1) is 16.8. The second-order valence-corrected chi connectivity index (χ2v) is 8.44. The Balaban J connectivity index is 1.96. The van der Waals surface area contributed by atoms with Gasteiger partial charge < -0.3 is 24.1 Å². The van der Waals surface area contributed by atoms with Crippen LogP contribution in [0.1, 0.15) is 37.3 Å². The molecule has 1 aromatic heterocycles. The Morgan fingerprint density at radius 3 is 2.29 bits per heavy atom. The number of methoxy groups -OCH3 is 1. The highest BCUT2D eigenvalue weighted by Crippen LogP contribution is 2.43. The van der Waals surface area contributed by atoms with Gasteiger partial charge in [0.2, 0.25) is 0 Å². The van der Waals surface area contributed by atoms with Crippen molar-refractivity contribution < 1.29 is 28.9 Å². The first kappa shape index (κ1) is 23.9. The second-order valence-electron chi connectivity index (χ2n) is 8.44. The van der Waals surface area contributed by atoms with Gasteiger partial charge in [0.25, 0.3) is 0 Å². The lowest BCUT2D eigenvalue weighted by Gasteiger charge is -2.21. The van der Waals surface area contributed by atoms with Crippen molar-refractivity contribution in [2.24, 2.45) is 0 Å². The molecular weight excluding hydrogens is 448 g/mol. The fourth-order valence-electron chi connectivity index (χ4n) is 4.09. The minimum atomic E-state index is -0.729. The maximum Gasteiger partial charge on any atom is 0.306 e. The summed E-state index contributed by atoms with van der Waals surface area (Å²) in [6, 6.07) is 18.5. The zero-order valence-electron chi connectivity index (χ0n) is 19.6. The highest BCUT2D eigenvalue weighted by Gasteiger charge is 2.28. The number of hydrogen-bond acceptors (Lipinski definition) is 7. The molecule has 35 heavy (non-hydrogen) atoms. The highest BCUT2D eigenvalue weighted by molar-refractivity contribution is 5.90. The van der Waals surface area contributed by atoms with E-state index in [1.807, 2.05) is 19.9 Å².